The highest BCUT2D eigenvalue weighted by Gasteiger charge is 2.10. The molecule has 0 saturated heterocycles. The molecule has 6 nitrogen and oxygen atoms in total. The van der Waals surface area contributed by atoms with Crippen LogP contribution < -0.4 is 9.47 Å². The lowest BCUT2D eigenvalue weighted by molar-refractivity contribution is 0.0697. The first-order valence-corrected chi connectivity index (χ1v) is 5.55. The molecule has 2 rings (SSSR count). The van der Waals surface area contributed by atoms with Crippen LogP contribution in [0.15, 0.2) is 30.5 Å². The zero-order valence-electron chi connectivity index (χ0n) is 9.83. The van der Waals surface area contributed by atoms with Gasteiger partial charge in [-0.3, -0.25) is 0 Å². The molecule has 0 radical (unpaired) electrons. The zero-order valence-corrected chi connectivity index (χ0v) is 10.6. The molecule has 0 fully saturated rings. The molecule has 0 aliphatic rings. The first kappa shape index (κ1) is 13.1. The van der Waals surface area contributed by atoms with Crippen LogP contribution in [0.1, 0.15) is 10.4 Å². The molecule has 1 aromatic carbocycles. The van der Waals surface area contributed by atoms with E-state index >= 15 is 0 Å². The molecular weight excluding hydrogens is 272 g/mol. The van der Waals surface area contributed by atoms with Crippen LogP contribution in [-0.2, 0) is 0 Å². The van der Waals surface area contributed by atoms with Crippen molar-refractivity contribution in [3.63, 3.8) is 0 Å². The number of ether oxygens (including phenoxy) is 2. The maximum absolute atomic E-state index is 10.8. The van der Waals surface area contributed by atoms with Crippen LogP contribution in [0.2, 0.25) is 5.02 Å². The number of carboxylic acids is 1. The summed E-state index contributed by atoms with van der Waals surface area (Å²) in [6.07, 6.45) is 1.47. The van der Waals surface area contributed by atoms with E-state index in [9.17, 15) is 4.79 Å². The fourth-order valence-corrected chi connectivity index (χ4v) is 1.52. The molecule has 1 N–H and O–H groups in total. The molecule has 0 aliphatic heterocycles. The molecular formula is C12H9ClN2O4. The van der Waals surface area contributed by atoms with Gasteiger partial charge < -0.3 is 14.6 Å². The van der Waals surface area contributed by atoms with E-state index in [1.807, 2.05) is 0 Å². The molecule has 0 unspecified atom stereocenters. The molecule has 0 amide bonds. The van der Waals surface area contributed by atoms with Gasteiger partial charge in [-0.15, -0.1) is 0 Å². The molecule has 1 aromatic heterocycles. The van der Waals surface area contributed by atoms with Crippen molar-refractivity contribution < 1.29 is 19.4 Å². The van der Waals surface area contributed by atoms with Gasteiger partial charge in [-0.1, -0.05) is 11.6 Å². The molecule has 7 heteroatoms. The van der Waals surface area contributed by atoms with Crippen LogP contribution in [-0.4, -0.2) is 28.2 Å². The van der Waals surface area contributed by atoms with Gasteiger partial charge >= 0.3 is 12.0 Å². The summed E-state index contributed by atoms with van der Waals surface area (Å²) < 4.78 is 10.3. The van der Waals surface area contributed by atoms with Crippen molar-refractivity contribution in [2.75, 3.05) is 7.11 Å². The molecule has 0 spiro atoms. The van der Waals surface area contributed by atoms with Crippen molar-refractivity contribution >= 4 is 17.6 Å². The summed E-state index contributed by atoms with van der Waals surface area (Å²) in [5, 5.41) is 8.98. The number of rotatable bonds is 4. The Morgan fingerprint density at radius 3 is 2.79 bits per heavy atom. The Morgan fingerprint density at radius 1 is 1.37 bits per heavy atom. The predicted molar refractivity (Wildman–Crippen MR) is 67.1 cm³/mol. The van der Waals surface area contributed by atoms with Gasteiger partial charge in [0.2, 0.25) is 5.88 Å². The molecule has 1 heterocycles. The minimum atomic E-state index is -1.06. The summed E-state index contributed by atoms with van der Waals surface area (Å²) in [6, 6.07) is 5.74. The van der Waals surface area contributed by atoms with E-state index in [-0.39, 0.29) is 22.3 Å². The second-order valence-electron chi connectivity index (χ2n) is 3.43. The van der Waals surface area contributed by atoms with E-state index in [4.69, 9.17) is 26.2 Å². The van der Waals surface area contributed by atoms with Gasteiger partial charge in [0.25, 0.3) is 0 Å². The number of carbonyl (C=O) groups is 1. The highest BCUT2D eigenvalue weighted by molar-refractivity contribution is 6.32. The number of aromatic nitrogens is 2. The van der Waals surface area contributed by atoms with E-state index in [0.29, 0.717) is 5.88 Å². The van der Waals surface area contributed by atoms with Crippen molar-refractivity contribution in [1.29, 1.82) is 0 Å². The van der Waals surface area contributed by atoms with Gasteiger partial charge in [0.05, 0.1) is 17.7 Å². The minimum absolute atomic E-state index is 0.0596. The third-order valence-corrected chi connectivity index (χ3v) is 2.49. The minimum Gasteiger partial charge on any atom is -0.481 e. The third kappa shape index (κ3) is 3.11. The van der Waals surface area contributed by atoms with E-state index in [1.54, 1.807) is 6.07 Å². The van der Waals surface area contributed by atoms with Gasteiger partial charge in [0, 0.05) is 12.3 Å². The molecule has 0 atom stereocenters. The fourth-order valence-electron chi connectivity index (χ4n) is 1.30. The van der Waals surface area contributed by atoms with Gasteiger partial charge in [-0.2, -0.15) is 4.98 Å². The molecule has 98 valence electrons. The van der Waals surface area contributed by atoms with Crippen molar-refractivity contribution in [2.24, 2.45) is 0 Å². The zero-order chi connectivity index (χ0) is 13.8. The lowest BCUT2D eigenvalue weighted by Crippen LogP contribution is -1.98. The van der Waals surface area contributed by atoms with Gasteiger partial charge in [-0.05, 0) is 18.2 Å². The first-order chi connectivity index (χ1) is 9.10. The molecule has 19 heavy (non-hydrogen) atoms. The number of methoxy groups -OCH3 is 1. The van der Waals surface area contributed by atoms with Gasteiger partial charge in [-0.25, -0.2) is 9.78 Å². The van der Waals surface area contributed by atoms with Crippen LogP contribution in [0.4, 0.5) is 0 Å². The molecule has 2 aromatic rings. The fraction of sp³-hybridized carbons (Fsp3) is 0.0833. The van der Waals surface area contributed by atoms with Gasteiger partial charge in [0.15, 0.2) is 0 Å². The normalized spacial score (nSPS) is 10.0. The summed E-state index contributed by atoms with van der Waals surface area (Å²) in [4.78, 5) is 18.6. The molecule has 0 saturated carbocycles. The Morgan fingerprint density at radius 2 is 2.16 bits per heavy atom. The van der Waals surface area contributed by atoms with Crippen molar-refractivity contribution in [2.45, 2.75) is 0 Å². The van der Waals surface area contributed by atoms with E-state index in [0.717, 1.165) is 0 Å². The Bertz CT molecular complexity index is 618. The Hall–Kier alpha value is -2.34. The van der Waals surface area contributed by atoms with E-state index in [1.165, 1.54) is 31.5 Å². The Kier molecular flexibility index (Phi) is 3.82. The summed E-state index contributed by atoms with van der Waals surface area (Å²) in [5.41, 5.74) is 0.0731. The summed E-state index contributed by atoms with van der Waals surface area (Å²) in [5.74, 6) is -0.450. The second kappa shape index (κ2) is 5.53. The van der Waals surface area contributed by atoms with E-state index < -0.39 is 5.97 Å². The summed E-state index contributed by atoms with van der Waals surface area (Å²) >= 11 is 5.92. The first-order valence-electron chi connectivity index (χ1n) is 5.18. The van der Waals surface area contributed by atoms with Crippen LogP contribution in [0.25, 0.3) is 0 Å². The standard InChI is InChI=1S/C12H9ClN2O4/c1-18-10-4-5-14-12(15-10)19-9-3-2-7(11(16)17)6-8(9)13/h2-6H,1H3,(H,16,17). The number of benzene rings is 1. The highest BCUT2D eigenvalue weighted by Crippen LogP contribution is 2.29. The smallest absolute Gasteiger partial charge is 0.335 e. The molecule has 0 bridgehead atoms. The Labute approximate surface area is 113 Å². The van der Waals surface area contributed by atoms with Crippen LogP contribution in [0, 0.1) is 0 Å². The van der Waals surface area contributed by atoms with Crippen LogP contribution in [0.3, 0.4) is 0 Å². The van der Waals surface area contributed by atoms with Crippen LogP contribution >= 0.6 is 11.6 Å². The predicted octanol–water partition coefficient (Wildman–Crippen LogP) is 2.63. The third-order valence-electron chi connectivity index (χ3n) is 2.20. The topological polar surface area (TPSA) is 81.5 Å². The number of hydrogen-bond donors (Lipinski definition) is 1. The summed E-state index contributed by atoms with van der Waals surface area (Å²) in [7, 11) is 1.47. The van der Waals surface area contributed by atoms with Crippen molar-refractivity contribution in [3.05, 3.63) is 41.0 Å². The van der Waals surface area contributed by atoms with Crippen molar-refractivity contribution in [1.82, 2.24) is 9.97 Å². The van der Waals surface area contributed by atoms with Crippen LogP contribution in [0.5, 0.6) is 17.6 Å². The monoisotopic (exact) mass is 280 g/mol. The average molecular weight is 281 g/mol. The van der Waals surface area contributed by atoms with Gasteiger partial charge in [0.1, 0.15) is 5.75 Å². The number of hydrogen-bond acceptors (Lipinski definition) is 5. The maximum Gasteiger partial charge on any atom is 0.335 e. The Balaban J connectivity index is 2.25. The largest absolute Gasteiger partial charge is 0.481 e. The number of carboxylic acid groups (broad SMARTS) is 1. The lowest BCUT2D eigenvalue weighted by Gasteiger charge is -2.07. The quantitative estimate of drug-likeness (QED) is 0.927. The summed E-state index contributed by atoms with van der Waals surface area (Å²) in [6.45, 7) is 0. The maximum atomic E-state index is 10.8. The SMILES string of the molecule is COc1ccnc(Oc2ccc(C(=O)O)cc2Cl)n1. The lowest BCUT2D eigenvalue weighted by atomic mass is 10.2. The second-order valence-corrected chi connectivity index (χ2v) is 3.84. The number of nitrogens with zero attached hydrogens (tertiary/aromatic N) is 2. The highest BCUT2D eigenvalue weighted by atomic mass is 35.5. The molecule has 0 aliphatic carbocycles. The van der Waals surface area contributed by atoms with Crippen molar-refractivity contribution in [3.8, 4) is 17.6 Å². The van der Waals surface area contributed by atoms with E-state index in [2.05, 4.69) is 9.97 Å². The average Bonchev–Trinajstić information content (AvgIpc) is 2.41. The number of aromatic carboxylic acids is 1. The number of halogens is 1.